The summed E-state index contributed by atoms with van der Waals surface area (Å²) in [7, 11) is 1.73. The molecular weight excluding hydrogens is 346 g/mol. The third-order valence-electron chi connectivity index (χ3n) is 3.44. The van der Waals surface area contributed by atoms with Crippen molar-refractivity contribution in [1.82, 2.24) is 20.9 Å². The normalized spacial score (nSPS) is 12.0. The monoisotopic (exact) mass is 373 g/mol. The van der Waals surface area contributed by atoms with Crippen LogP contribution in [0.15, 0.2) is 35.5 Å². The number of carbonyl (C=O) groups excluding carboxylic acids is 1. The third-order valence-corrected chi connectivity index (χ3v) is 4.35. The van der Waals surface area contributed by atoms with E-state index in [1.54, 1.807) is 18.4 Å². The Morgan fingerprint density at radius 3 is 2.58 bits per heavy atom. The molecule has 0 aliphatic carbocycles. The Kier molecular flexibility index (Phi) is 6.74. The van der Waals surface area contributed by atoms with Crippen LogP contribution in [0.1, 0.15) is 46.6 Å². The van der Waals surface area contributed by atoms with Crippen molar-refractivity contribution in [2.45, 2.75) is 46.3 Å². The van der Waals surface area contributed by atoms with Gasteiger partial charge in [0.25, 0.3) is 5.91 Å². The molecule has 0 unspecified atom stereocenters. The van der Waals surface area contributed by atoms with Gasteiger partial charge in [0.2, 0.25) is 0 Å². The summed E-state index contributed by atoms with van der Waals surface area (Å²) in [5, 5.41) is 10.5. The lowest BCUT2D eigenvalue weighted by atomic mass is 10.1. The highest BCUT2D eigenvalue weighted by atomic mass is 32.1. The van der Waals surface area contributed by atoms with E-state index in [1.807, 2.05) is 58.2 Å². The first kappa shape index (κ1) is 19.9. The van der Waals surface area contributed by atoms with Gasteiger partial charge in [-0.15, -0.1) is 11.3 Å². The summed E-state index contributed by atoms with van der Waals surface area (Å²) in [6.07, 6.45) is 1.87. The summed E-state index contributed by atoms with van der Waals surface area (Å²) in [5.41, 5.74) is 1.41. The summed E-state index contributed by atoms with van der Waals surface area (Å²) < 4.78 is 0. The SMILES string of the molecule is CN=C(NCc1cccc(C(=O)NC(C)(C)C)c1)NCc1ncc(C)s1. The molecule has 26 heavy (non-hydrogen) atoms. The molecule has 140 valence electrons. The molecule has 0 spiro atoms. The second-order valence-corrected chi connectivity index (χ2v) is 8.37. The number of hydrogen-bond donors (Lipinski definition) is 3. The van der Waals surface area contributed by atoms with Crippen LogP contribution in [0, 0.1) is 6.92 Å². The van der Waals surface area contributed by atoms with Gasteiger partial charge in [0, 0.05) is 35.8 Å². The molecule has 3 N–H and O–H groups in total. The maximum Gasteiger partial charge on any atom is 0.251 e. The quantitative estimate of drug-likeness (QED) is 0.556. The van der Waals surface area contributed by atoms with Crippen molar-refractivity contribution in [3.05, 3.63) is 51.5 Å². The number of benzene rings is 1. The largest absolute Gasteiger partial charge is 0.352 e. The Morgan fingerprint density at radius 2 is 1.96 bits per heavy atom. The van der Waals surface area contributed by atoms with Crippen LogP contribution >= 0.6 is 11.3 Å². The highest BCUT2D eigenvalue weighted by molar-refractivity contribution is 7.11. The van der Waals surface area contributed by atoms with E-state index >= 15 is 0 Å². The number of carbonyl (C=O) groups is 1. The van der Waals surface area contributed by atoms with E-state index in [1.165, 1.54) is 4.88 Å². The minimum Gasteiger partial charge on any atom is -0.352 e. The van der Waals surface area contributed by atoms with Crippen molar-refractivity contribution in [1.29, 1.82) is 0 Å². The Hall–Kier alpha value is -2.41. The number of nitrogens with zero attached hydrogens (tertiary/aromatic N) is 2. The van der Waals surface area contributed by atoms with Gasteiger partial charge in [-0.2, -0.15) is 0 Å². The molecule has 0 bridgehead atoms. The van der Waals surface area contributed by atoms with E-state index in [4.69, 9.17) is 0 Å². The van der Waals surface area contributed by atoms with Crippen molar-refractivity contribution < 1.29 is 4.79 Å². The van der Waals surface area contributed by atoms with Crippen LogP contribution in [0.4, 0.5) is 0 Å². The summed E-state index contributed by atoms with van der Waals surface area (Å²) in [6, 6.07) is 7.59. The van der Waals surface area contributed by atoms with Crippen LogP contribution in [-0.4, -0.2) is 29.4 Å². The molecule has 0 aliphatic rings. The van der Waals surface area contributed by atoms with E-state index in [0.29, 0.717) is 24.6 Å². The smallest absolute Gasteiger partial charge is 0.251 e. The van der Waals surface area contributed by atoms with Gasteiger partial charge in [-0.05, 0) is 45.4 Å². The van der Waals surface area contributed by atoms with E-state index < -0.39 is 0 Å². The van der Waals surface area contributed by atoms with Crippen LogP contribution in [-0.2, 0) is 13.1 Å². The molecule has 0 saturated heterocycles. The second kappa shape index (κ2) is 8.80. The number of aromatic nitrogens is 1. The van der Waals surface area contributed by atoms with Crippen molar-refractivity contribution in [2.75, 3.05) is 7.05 Å². The fourth-order valence-corrected chi connectivity index (χ4v) is 3.01. The number of thiazole rings is 1. The molecule has 6 nitrogen and oxygen atoms in total. The minimum absolute atomic E-state index is 0.0685. The van der Waals surface area contributed by atoms with Gasteiger partial charge in [0.05, 0.1) is 6.54 Å². The molecule has 2 rings (SSSR count). The third kappa shape index (κ3) is 6.48. The van der Waals surface area contributed by atoms with Crippen molar-refractivity contribution in [2.24, 2.45) is 4.99 Å². The standard InChI is InChI=1S/C19H27N5OS/c1-13-10-21-16(26-13)12-23-18(20-5)22-11-14-7-6-8-15(9-14)17(25)24-19(2,3)4/h6-10H,11-12H2,1-5H3,(H,24,25)(H2,20,22,23). The van der Waals surface area contributed by atoms with E-state index in [-0.39, 0.29) is 11.4 Å². The maximum atomic E-state index is 12.3. The molecule has 0 radical (unpaired) electrons. The van der Waals surface area contributed by atoms with E-state index in [2.05, 4.69) is 25.9 Å². The first-order valence-electron chi connectivity index (χ1n) is 8.54. The lowest BCUT2D eigenvalue weighted by Gasteiger charge is -2.20. The van der Waals surface area contributed by atoms with Crippen molar-refractivity contribution in [3.63, 3.8) is 0 Å². The lowest BCUT2D eigenvalue weighted by molar-refractivity contribution is 0.0919. The van der Waals surface area contributed by atoms with E-state index in [9.17, 15) is 4.79 Å². The topological polar surface area (TPSA) is 78.4 Å². The summed E-state index contributed by atoms with van der Waals surface area (Å²) in [6.45, 7) is 9.15. The van der Waals surface area contributed by atoms with Gasteiger partial charge in [0.15, 0.2) is 5.96 Å². The molecule has 1 amide bonds. The number of amides is 1. The molecule has 0 atom stereocenters. The Morgan fingerprint density at radius 1 is 1.23 bits per heavy atom. The minimum atomic E-state index is -0.258. The number of hydrogen-bond acceptors (Lipinski definition) is 4. The number of guanidine groups is 1. The Labute approximate surface area is 159 Å². The predicted molar refractivity (Wildman–Crippen MR) is 108 cm³/mol. The number of rotatable bonds is 5. The predicted octanol–water partition coefficient (Wildman–Crippen LogP) is 2.85. The molecule has 0 fully saturated rings. The van der Waals surface area contributed by atoms with Crippen molar-refractivity contribution >= 4 is 23.2 Å². The zero-order valence-electron chi connectivity index (χ0n) is 16.0. The molecule has 1 aromatic heterocycles. The van der Waals surface area contributed by atoms with E-state index in [0.717, 1.165) is 10.6 Å². The summed E-state index contributed by atoms with van der Waals surface area (Å²) >= 11 is 1.66. The highest BCUT2D eigenvalue weighted by Gasteiger charge is 2.15. The number of nitrogens with one attached hydrogen (secondary N) is 3. The molecule has 7 heteroatoms. The van der Waals surface area contributed by atoms with Crippen LogP contribution in [0.3, 0.4) is 0 Å². The molecule has 1 aromatic carbocycles. The molecule has 0 saturated carbocycles. The van der Waals surface area contributed by atoms with Gasteiger partial charge >= 0.3 is 0 Å². The number of aliphatic imine (C=N–C) groups is 1. The van der Waals surface area contributed by atoms with Gasteiger partial charge in [-0.1, -0.05) is 12.1 Å². The second-order valence-electron chi connectivity index (χ2n) is 7.05. The lowest BCUT2D eigenvalue weighted by Crippen LogP contribution is -2.40. The van der Waals surface area contributed by atoms with Gasteiger partial charge in [-0.25, -0.2) is 4.98 Å². The molecule has 1 heterocycles. The van der Waals surface area contributed by atoms with Crippen LogP contribution < -0.4 is 16.0 Å². The first-order valence-corrected chi connectivity index (χ1v) is 9.36. The molecular formula is C19H27N5OS. The Balaban J connectivity index is 1.91. The fraction of sp³-hybridized carbons (Fsp3) is 0.421. The summed E-state index contributed by atoms with van der Waals surface area (Å²) in [5.74, 6) is 0.628. The van der Waals surface area contributed by atoms with Crippen molar-refractivity contribution in [3.8, 4) is 0 Å². The average Bonchev–Trinajstić information content (AvgIpc) is 2.99. The van der Waals surface area contributed by atoms with Gasteiger partial charge < -0.3 is 16.0 Å². The van der Waals surface area contributed by atoms with Crippen LogP contribution in [0.25, 0.3) is 0 Å². The van der Waals surface area contributed by atoms with Gasteiger partial charge in [0.1, 0.15) is 5.01 Å². The molecule has 2 aromatic rings. The molecule has 0 aliphatic heterocycles. The number of aryl methyl sites for hydroxylation is 1. The zero-order valence-corrected chi connectivity index (χ0v) is 16.8. The summed E-state index contributed by atoms with van der Waals surface area (Å²) in [4.78, 5) is 22.0. The van der Waals surface area contributed by atoms with Crippen LogP contribution in [0.5, 0.6) is 0 Å². The Bertz CT molecular complexity index is 776. The fourth-order valence-electron chi connectivity index (χ4n) is 2.28. The first-order chi connectivity index (χ1) is 12.3. The van der Waals surface area contributed by atoms with Gasteiger partial charge in [-0.3, -0.25) is 9.79 Å². The zero-order chi connectivity index (χ0) is 19.2. The average molecular weight is 374 g/mol. The maximum absolute atomic E-state index is 12.3. The van der Waals surface area contributed by atoms with Crippen LogP contribution in [0.2, 0.25) is 0 Å². The highest BCUT2D eigenvalue weighted by Crippen LogP contribution is 2.10.